The molecule has 1 aliphatic carbocycles. The zero-order valence-electron chi connectivity index (χ0n) is 21.6. The number of amides is 2. The molecule has 2 aromatic carbocycles. The van der Waals surface area contributed by atoms with Gasteiger partial charge in [0.1, 0.15) is 0 Å². The molecule has 38 heavy (non-hydrogen) atoms. The lowest BCUT2D eigenvalue weighted by Crippen LogP contribution is -2.42. The molecule has 0 spiro atoms. The molecular formula is C28H31ClN4O5. The number of nitrogens with one attached hydrogen (secondary N) is 1. The number of carbonyl (C=O) groups is 3. The molecule has 200 valence electrons. The third-order valence-electron chi connectivity index (χ3n) is 6.69. The van der Waals surface area contributed by atoms with Crippen molar-refractivity contribution in [2.75, 3.05) is 10.2 Å². The standard InChI is InChI=1S/C28H31ClN4O5/c1-17(2)33(27(35)19-13-11-18(3)12-14-19)25-24(38-28(36)37)16-32(31-25)21-8-6-7-20(15-21)30-26(34)22-9-4-5-10-23(22)29/h4-10,15-19H,11-14H2,1-3H3,(H,30,34)(H,36,37). The van der Waals surface area contributed by atoms with Crippen LogP contribution in [-0.4, -0.2) is 38.9 Å². The second-order valence-corrected chi connectivity index (χ2v) is 10.3. The summed E-state index contributed by atoms with van der Waals surface area (Å²) < 4.78 is 6.49. The molecule has 1 heterocycles. The highest BCUT2D eigenvalue weighted by molar-refractivity contribution is 6.34. The van der Waals surface area contributed by atoms with E-state index < -0.39 is 6.16 Å². The summed E-state index contributed by atoms with van der Waals surface area (Å²) in [4.78, 5) is 39.3. The fourth-order valence-corrected chi connectivity index (χ4v) is 4.91. The van der Waals surface area contributed by atoms with Crippen molar-refractivity contribution in [3.8, 4) is 11.4 Å². The molecule has 2 amide bonds. The molecule has 1 aliphatic rings. The Morgan fingerprint density at radius 1 is 1.11 bits per heavy atom. The summed E-state index contributed by atoms with van der Waals surface area (Å²) in [6.07, 6.45) is 3.43. The molecule has 2 N–H and O–H groups in total. The van der Waals surface area contributed by atoms with Gasteiger partial charge in [0.25, 0.3) is 5.91 Å². The van der Waals surface area contributed by atoms with Crippen LogP contribution < -0.4 is 15.0 Å². The Kier molecular flexibility index (Phi) is 8.36. The van der Waals surface area contributed by atoms with Crippen molar-refractivity contribution in [1.82, 2.24) is 9.78 Å². The number of ether oxygens (including phenoxy) is 1. The maximum absolute atomic E-state index is 13.6. The van der Waals surface area contributed by atoms with E-state index >= 15 is 0 Å². The third-order valence-corrected chi connectivity index (χ3v) is 7.02. The molecule has 10 heteroatoms. The van der Waals surface area contributed by atoms with Gasteiger partial charge in [0, 0.05) is 17.6 Å². The second-order valence-electron chi connectivity index (χ2n) is 9.87. The number of carbonyl (C=O) groups excluding carboxylic acids is 2. The van der Waals surface area contributed by atoms with Crippen molar-refractivity contribution in [2.45, 2.75) is 52.5 Å². The van der Waals surface area contributed by atoms with Crippen LogP contribution in [0.25, 0.3) is 5.69 Å². The average Bonchev–Trinajstić information content (AvgIpc) is 3.27. The van der Waals surface area contributed by atoms with Crippen molar-refractivity contribution in [3.05, 3.63) is 65.3 Å². The molecule has 0 aliphatic heterocycles. The number of carboxylic acid groups (broad SMARTS) is 1. The van der Waals surface area contributed by atoms with E-state index in [1.165, 1.54) is 15.8 Å². The van der Waals surface area contributed by atoms with Gasteiger partial charge in [-0.1, -0.05) is 36.7 Å². The zero-order chi connectivity index (χ0) is 27.4. The van der Waals surface area contributed by atoms with Crippen molar-refractivity contribution in [1.29, 1.82) is 0 Å². The first-order valence-electron chi connectivity index (χ1n) is 12.6. The molecule has 9 nitrogen and oxygen atoms in total. The number of benzene rings is 2. The molecule has 4 rings (SSSR count). The predicted molar refractivity (Wildman–Crippen MR) is 145 cm³/mol. The summed E-state index contributed by atoms with van der Waals surface area (Å²) in [5, 5.41) is 17.1. The zero-order valence-corrected chi connectivity index (χ0v) is 22.3. The number of hydrogen-bond donors (Lipinski definition) is 2. The number of anilines is 2. The van der Waals surface area contributed by atoms with E-state index in [0.29, 0.717) is 27.9 Å². The van der Waals surface area contributed by atoms with E-state index in [1.807, 2.05) is 13.8 Å². The van der Waals surface area contributed by atoms with E-state index in [9.17, 15) is 19.5 Å². The molecular weight excluding hydrogens is 508 g/mol. The lowest BCUT2D eigenvalue weighted by atomic mass is 9.82. The highest BCUT2D eigenvalue weighted by Crippen LogP contribution is 2.35. The third kappa shape index (κ3) is 6.16. The summed E-state index contributed by atoms with van der Waals surface area (Å²) in [7, 11) is 0. The minimum absolute atomic E-state index is 0.0470. The normalized spacial score (nSPS) is 17.2. The van der Waals surface area contributed by atoms with Crippen molar-refractivity contribution >= 4 is 41.1 Å². The van der Waals surface area contributed by atoms with E-state index in [0.717, 1.165) is 25.7 Å². The Morgan fingerprint density at radius 3 is 2.47 bits per heavy atom. The van der Waals surface area contributed by atoms with Crippen LogP contribution in [0, 0.1) is 11.8 Å². The van der Waals surface area contributed by atoms with Gasteiger partial charge in [0.2, 0.25) is 11.7 Å². The van der Waals surface area contributed by atoms with E-state index in [1.54, 1.807) is 48.5 Å². The first-order valence-corrected chi connectivity index (χ1v) is 13.0. The van der Waals surface area contributed by atoms with Gasteiger partial charge in [-0.2, -0.15) is 0 Å². The summed E-state index contributed by atoms with van der Waals surface area (Å²) in [5.74, 6) is 0.0585. The number of hydrogen-bond acceptors (Lipinski definition) is 5. The second kappa shape index (κ2) is 11.7. The molecule has 0 saturated heterocycles. The molecule has 0 atom stereocenters. The molecule has 0 radical (unpaired) electrons. The van der Waals surface area contributed by atoms with Gasteiger partial charge in [-0.3, -0.25) is 14.5 Å². The van der Waals surface area contributed by atoms with Crippen molar-refractivity contribution in [2.24, 2.45) is 11.8 Å². The van der Waals surface area contributed by atoms with Gasteiger partial charge in [-0.25, -0.2) is 9.48 Å². The van der Waals surface area contributed by atoms with Gasteiger partial charge in [0.15, 0.2) is 5.75 Å². The van der Waals surface area contributed by atoms with Gasteiger partial charge in [-0.15, -0.1) is 5.10 Å². The SMILES string of the molecule is CC1CCC(C(=O)N(c2nn(-c3cccc(NC(=O)c4ccccc4Cl)c3)cc2OC(=O)O)C(C)C)CC1. The molecule has 0 bridgehead atoms. The minimum atomic E-state index is -1.51. The van der Waals surface area contributed by atoms with E-state index in [2.05, 4.69) is 17.3 Å². The fraction of sp³-hybridized carbons (Fsp3) is 0.357. The Labute approximate surface area is 226 Å². The molecule has 1 saturated carbocycles. The number of rotatable bonds is 7. The average molecular weight is 539 g/mol. The van der Waals surface area contributed by atoms with Crippen LogP contribution in [0.1, 0.15) is 56.8 Å². The first kappa shape index (κ1) is 27.2. The molecule has 1 aromatic heterocycles. The van der Waals surface area contributed by atoms with Gasteiger partial charge in [0.05, 0.1) is 22.5 Å². The first-order chi connectivity index (χ1) is 18.1. The molecule has 1 fully saturated rings. The molecule has 0 unspecified atom stereocenters. The lowest BCUT2D eigenvalue weighted by molar-refractivity contribution is -0.124. The summed E-state index contributed by atoms with van der Waals surface area (Å²) in [6, 6.07) is 13.3. The van der Waals surface area contributed by atoms with Crippen LogP contribution in [0.4, 0.5) is 16.3 Å². The van der Waals surface area contributed by atoms with E-state index in [-0.39, 0.29) is 35.3 Å². The highest BCUT2D eigenvalue weighted by atomic mass is 35.5. The van der Waals surface area contributed by atoms with Crippen LogP contribution in [0.2, 0.25) is 5.02 Å². The Balaban J connectivity index is 1.65. The van der Waals surface area contributed by atoms with Crippen LogP contribution in [0.5, 0.6) is 5.75 Å². The lowest BCUT2D eigenvalue weighted by Gasteiger charge is -2.32. The van der Waals surface area contributed by atoms with E-state index in [4.69, 9.17) is 16.3 Å². The Morgan fingerprint density at radius 2 is 1.82 bits per heavy atom. The molecule has 3 aromatic rings. The van der Waals surface area contributed by atoms with Crippen LogP contribution >= 0.6 is 11.6 Å². The van der Waals surface area contributed by atoms with Crippen molar-refractivity contribution < 1.29 is 24.2 Å². The van der Waals surface area contributed by atoms with Crippen LogP contribution in [-0.2, 0) is 4.79 Å². The Bertz CT molecular complexity index is 1330. The largest absolute Gasteiger partial charge is 0.511 e. The minimum Gasteiger partial charge on any atom is -0.449 e. The predicted octanol–water partition coefficient (Wildman–Crippen LogP) is 6.40. The monoisotopic (exact) mass is 538 g/mol. The smallest absolute Gasteiger partial charge is 0.449 e. The van der Waals surface area contributed by atoms with Crippen LogP contribution in [0.15, 0.2) is 54.7 Å². The fourth-order valence-electron chi connectivity index (χ4n) is 4.69. The number of halogens is 1. The quantitative estimate of drug-likeness (QED) is 0.336. The number of aromatic nitrogens is 2. The van der Waals surface area contributed by atoms with Gasteiger partial charge >= 0.3 is 6.16 Å². The van der Waals surface area contributed by atoms with Crippen LogP contribution in [0.3, 0.4) is 0 Å². The topological polar surface area (TPSA) is 114 Å². The summed E-state index contributed by atoms with van der Waals surface area (Å²) in [5.41, 5.74) is 1.35. The maximum Gasteiger partial charge on any atom is 0.511 e. The summed E-state index contributed by atoms with van der Waals surface area (Å²) >= 11 is 6.15. The maximum atomic E-state index is 13.6. The van der Waals surface area contributed by atoms with Gasteiger partial charge < -0.3 is 15.2 Å². The number of nitrogens with zero attached hydrogens (tertiary/aromatic N) is 3. The van der Waals surface area contributed by atoms with Crippen molar-refractivity contribution in [3.63, 3.8) is 0 Å². The Hall–Kier alpha value is -3.85. The highest BCUT2D eigenvalue weighted by Gasteiger charge is 2.34. The van der Waals surface area contributed by atoms with Gasteiger partial charge in [-0.05, 0) is 75.8 Å². The summed E-state index contributed by atoms with van der Waals surface area (Å²) in [6.45, 7) is 5.90.